The van der Waals surface area contributed by atoms with Crippen molar-refractivity contribution in [2.45, 2.75) is 13.0 Å². The molecular weight excluding hydrogens is 320 g/mol. The average molecular weight is 334 g/mol. The van der Waals surface area contributed by atoms with Crippen molar-refractivity contribution < 1.29 is 15.0 Å². The molecule has 1 atom stereocenters. The molecule has 1 aromatic heterocycles. The maximum absolute atomic E-state index is 11.9. The van der Waals surface area contributed by atoms with Crippen molar-refractivity contribution in [3.05, 3.63) is 44.6 Å². The second kappa shape index (κ2) is 7.09. The largest absolute Gasteiger partial charge is 0.508 e. The smallest absolute Gasteiger partial charge is 0.342 e. The topological polar surface area (TPSA) is 173 Å². The van der Waals surface area contributed by atoms with E-state index in [0.717, 1.165) is 6.07 Å². The lowest BCUT2D eigenvalue weighted by molar-refractivity contribution is -0.121. The summed E-state index contributed by atoms with van der Waals surface area (Å²) in [6.45, 7) is 1.45. The molecule has 0 radical (unpaired) electrons. The molecule has 11 nitrogen and oxygen atoms in total. The van der Waals surface area contributed by atoms with Gasteiger partial charge >= 0.3 is 5.69 Å². The van der Waals surface area contributed by atoms with E-state index in [1.165, 1.54) is 25.3 Å². The van der Waals surface area contributed by atoms with Crippen LogP contribution in [0.1, 0.15) is 12.5 Å². The van der Waals surface area contributed by atoms with Crippen LogP contribution in [0.15, 0.2) is 32.9 Å². The molecule has 0 aliphatic carbocycles. The van der Waals surface area contributed by atoms with E-state index in [1.807, 2.05) is 10.1 Å². The number of aromatic nitrogens is 3. The van der Waals surface area contributed by atoms with Crippen LogP contribution < -0.4 is 22.0 Å². The molecule has 0 unspecified atom stereocenters. The Balaban J connectivity index is 1.97. The van der Waals surface area contributed by atoms with Gasteiger partial charge in [-0.1, -0.05) is 0 Å². The van der Waals surface area contributed by atoms with Gasteiger partial charge in [-0.15, -0.1) is 5.10 Å². The highest BCUT2D eigenvalue weighted by Gasteiger charge is 2.14. The summed E-state index contributed by atoms with van der Waals surface area (Å²) in [4.78, 5) is 36.1. The molecule has 2 aromatic rings. The molecule has 126 valence electrons. The number of hydrazone groups is 1. The first-order valence-electron chi connectivity index (χ1n) is 6.67. The van der Waals surface area contributed by atoms with Gasteiger partial charge in [0.2, 0.25) is 5.82 Å². The number of benzene rings is 1. The molecule has 0 aliphatic rings. The molecule has 1 aromatic carbocycles. The lowest BCUT2D eigenvalue weighted by atomic mass is 10.2. The minimum absolute atomic E-state index is 0.106. The number of rotatable bonds is 5. The number of nitrogens with zero attached hydrogens (tertiary/aromatic N) is 2. The maximum Gasteiger partial charge on any atom is 0.342 e. The zero-order chi connectivity index (χ0) is 17.7. The Morgan fingerprint density at radius 3 is 2.79 bits per heavy atom. The Morgan fingerprint density at radius 2 is 2.12 bits per heavy atom. The van der Waals surface area contributed by atoms with Crippen LogP contribution in [0.2, 0.25) is 0 Å². The highest BCUT2D eigenvalue weighted by Crippen LogP contribution is 2.20. The lowest BCUT2D eigenvalue weighted by Gasteiger charge is -2.11. The molecule has 0 spiro atoms. The highest BCUT2D eigenvalue weighted by molar-refractivity contribution is 5.87. The van der Waals surface area contributed by atoms with Crippen molar-refractivity contribution in [2.24, 2.45) is 5.10 Å². The summed E-state index contributed by atoms with van der Waals surface area (Å²) in [5.74, 6) is -1.12. The maximum atomic E-state index is 11.9. The van der Waals surface area contributed by atoms with Gasteiger partial charge in [0.25, 0.3) is 11.5 Å². The Morgan fingerprint density at radius 1 is 1.38 bits per heavy atom. The van der Waals surface area contributed by atoms with Crippen molar-refractivity contribution in [1.29, 1.82) is 0 Å². The number of hydrogen-bond acceptors (Lipinski definition) is 8. The fourth-order valence-electron chi connectivity index (χ4n) is 1.62. The number of nitrogens with one attached hydrogen (secondary N) is 4. The van der Waals surface area contributed by atoms with Crippen molar-refractivity contribution in [3.63, 3.8) is 0 Å². The van der Waals surface area contributed by atoms with Crippen LogP contribution in [0.4, 0.5) is 5.82 Å². The first kappa shape index (κ1) is 16.7. The van der Waals surface area contributed by atoms with Gasteiger partial charge in [0.05, 0.1) is 6.21 Å². The Kier molecular flexibility index (Phi) is 4.94. The number of carbonyl (C=O) groups is 1. The van der Waals surface area contributed by atoms with E-state index in [0.29, 0.717) is 0 Å². The molecule has 1 amide bonds. The summed E-state index contributed by atoms with van der Waals surface area (Å²) in [7, 11) is 0. The highest BCUT2D eigenvalue weighted by atomic mass is 16.3. The summed E-state index contributed by atoms with van der Waals surface area (Å²) < 4.78 is 0. The van der Waals surface area contributed by atoms with Crippen LogP contribution in [-0.4, -0.2) is 43.6 Å². The predicted octanol–water partition coefficient (Wildman–Crippen LogP) is -1.18. The van der Waals surface area contributed by atoms with E-state index in [1.54, 1.807) is 0 Å². The van der Waals surface area contributed by atoms with Crippen molar-refractivity contribution in [1.82, 2.24) is 20.6 Å². The average Bonchev–Trinajstić information content (AvgIpc) is 2.52. The van der Waals surface area contributed by atoms with Crippen LogP contribution in [0.5, 0.6) is 11.5 Å². The molecule has 24 heavy (non-hydrogen) atoms. The molecule has 0 fully saturated rings. The van der Waals surface area contributed by atoms with E-state index in [2.05, 4.69) is 20.9 Å². The molecule has 0 saturated carbocycles. The fourth-order valence-corrected chi connectivity index (χ4v) is 1.62. The summed E-state index contributed by atoms with van der Waals surface area (Å²) in [6.07, 6.45) is 1.18. The van der Waals surface area contributed by atoms with E-state index in [9.17, 15) is 19.5 Å². The number of carbonyl (C=O) groups excluding carboxylic acids is 1. The van der Waals surface area contributed by atoms with Crippen LogP contribution >= 0.6 is 0 Å². The first-order valence-corrected chi connectivity index (χ1v) is 6.67. The molecule has 0 aliphatic heterocycles. The molecule has 0 saturated heterocycles. The van der Waals surface area contributed by atoms with Gasteiger partial charge in [-0.2, -0.15) is 5.10 Å². The SMILES string of the molecule is C[C@H](Nc1n[nH]c(=O)[nH]c1=O)C(=O)N/N=C\c1ccc(O)cc1O. The second-order valence-corrected chi connectivity index (χ2v) is 4.70. The Hall–Kier alpha value is -3.63. The zero-order valence-electron chi connectivity index (χ0n) is 12.4. The lowest BCUT2D eigenvalue weighted by Crippen LogP contribution is -2.38. The second-order valence-electron chi connectivity index (χ2n) is 4.70. The number of anilines is 1. The summed E-state index contributed by atoms with van der Waals surface area (Å²) in [5.41, 5.74) is 0.960. The number of amides is 1. The van der Waals surface area contributed by atoms with Gasteiger partial charge in [0.15, 0.2) is 0 Å². The van der Waals surface area contributed by atoms with Crippen LogP contribution in [0, 0.1) is 0 Å². The molecule has 2 rings (SSSR count). The van der Waals surface area contributed by atoms with Crippen molar-refractivity contribution in [3.8, 4) is 11.5 Å². The Labute approximate surface area is 134 Å². The summed E-state index contributed by atoms with van der Waals surface area (Å²) >= 11 is 0. The zero-order valence-corrected chi connectivity index (χ0v) is 12.4. The molecule has 11 heteroatoms. The van der Waals surface area contributed by atoms with Gasteiger partial charge in [-0.25, -0.2) is 15.3 Å². The molecule has 6 N–H and O–H groups in total. The third-order valence-corrected chi connectivity index (χ3v) is 2.85. The predicted molar refractivity (Wildman–Crippen MR) is 84.1 cm³/mol. The van der Waals surface area contributed by atoms with Gasteiger partial charge in [-0.3, -0.25) is 14.6 Å². The number of phenolic OH excluding ortho intramolecular Hbond substituents is 2. The van der Waals surface area contributed by atoms with Crippen molar-refractivity contribution in [2.75, 3.05) is 5.32 Å². The van der Waals surface area contributed by atoms with Gasteiger partial charge in [0, 0.05) is 11.6 Å². The van der Waals surface area contributed by atoms with Crippen LogP contribution in [-0.2, 0) is 4.79 Å². The summed E-state index contributed by atoms with van der Waals surface area (Å²) in [6, 6.07) is 3.00. The molecular formula is C13H14N6O5. The number of aromatic hydroxyl groups is 2. The summed E-state index contributed by atoms with van der Waals surface area (Å²) in [5, 5.41) is 30.4. The van der Waals surface area contributed by atoms with Crippen LogP contribution in [0.3, 0.4) is 0 Å². The van der Waals surface area contributed by atoms with E-state index >= 15 is 0 Å². The Bertz CT molecular complexity index is 887. The third-order valence-electron chi connectivity index (χ3n) is 2.85. The third kappa shape index (κ3) is 4.19. The van der Waals surface area contributed by atoms with Gasteiger partial charge in [0.1, 0.15) is 17.5 Å². The number of phenols is 2. The number of H-pyrrole nitrogens is 2. The number of aromatic amines is 2. The standard InChI is InChI=1S/C13H14N6O5/c1-6(15-10-12(23)16-13(24)19-17-10)11(22)18-14-5-7-2-3-8(20)4-9(7)21/h2-6,20-21H,1H3,(H,15,17)(H,18,22)(H2,16,19,23,24)/b14-5-/t6-/m0/s1. The fraction of sp³-hybridized carbons (Fsp3) is 0.154. The van der Waals surface area contributed by atoms with Crippen LogP contribution in [0.25, 0.3) is 0 Å². The van der Waals surface area contributed by atoms with Gasteiger partial charge in [-0.05, 0) is 19.1 Å². The molecule has 0 bridgehead atoms. The monoisotopic (exact) mass is 334 g/mol. The minimum Gasteiger partial charge on any atom is -0.508 e. The van der Waals surface area contributed by atoms with Crippen molar-refractivity contribution >= 4 is 17.9 Å². The first-order chi connectivity index (χ1) is 11.4. The number of hydrogen-bond donors (Lipinski definition) is 6. The van der Waals surface area contributed by atoms with E-state index in [4.69, 9.17) is 5.11 Å². The molecule has 1 heterocycles. The van der Waals surface area contributed by atoms with E-state index < -0.39 is 23.2 Å². The van der Waals surface area contributed by atoms with Gasteiger partial charge < -0.3 is 15.5 Å². The van der Waals surface area contributed by atoms with E-state index in [-0.39, 0.29) is 22.9 Å². The minimum atomic E-state index is -0.880. The quantitative estimate of drug-likeness (QED) is 0.295. The normalized spacial score (nSPS) is 12.0.